The fourth-order valence-corrected chi connectivity index (χ4v) is 1.65. The molecule has 21 heavy (non-hydrogen) atoms. The number of carbonyl (C=O) groups excluding carboxylic acids is 1. The molecule has 0 saturated carbocycles. The number of nitriles is 1. The molecule has 0 amide bonds. The fraction of sp³-hybridized carbons (Fsp3) is 0.286. The first-order valence-corrected chi connectivity index (χ1v) is 6.25. The molecular weight excluding hydrogens is 298 g/mol. The average Bonchev–Trinajstić information content (AvgIpc) is 2.48. The van der Waals surface area contributed by atoms with E-state index in [1.165, 1.54) is 32.4 Å². The first kappa shape index (κ1) is 16.8. The maximum absolute atomic E-state index is 11.7. The molecule has 0 atom stereocenters. The quantitative estimate of drug-likeness (QED) is 0.375. The predicted molar refractivity (Wildman–Crippen MR) is 76.1 cm³/mol. The Bertz CT molecular complexity index is 592. The van der Waals surface area contributed by atoms with Crippen LogP contribution in [0.3, 0.4) is 0 Å². The molecule has 0 radical (unpaired) electrons. The smallest absolute Gasteiger partial charge is 0.348 e. The molecule has 6 nitrogen and oxygen atoms in total. The summed E-state index contributed by atoms with van der Waals surface area (Å²) >= 11 is 5.83. The van der Waals surface area contributed by atoms with Crippen LogP contribution in [0.25, 0.3) is 6.08 Å². The molecule has 0 heterocycles. The number of hydrogen-bond acceptors (Lipinski definition) is 6. The number of phenolic OH excluding ortho intramolecular Hbond substituents is 1. The first-order valence-electron chi connectivity index (χ1n) is 5.87. The van der Waals surface area contributed by atoms with Gasteiger partial charge in [0, 0.05) is 7.11 Å². The number of rotatable bonds is 6. The monoisotopic (exact) mass is 311 g/mol. The van der Waals surface area contributed by atoms with Gasteiger partial charge < -0.3 is 19.3 Å². The highest BCUT2D eigenvalue weighted by atomic mass is 35.5. The lowest BCUT2D eigenvalue weighted by Crippen LogP contribution is -2.11. The number of phenols is 1. The topological polar surface area (TPSA) is 88.8 Å². The molecule has 0 unspecified atom stereocenters. The van der Waals surface area contributed by atoms with Crippen molar-refractivity contribution in [2.24, 2.45) is 0 Å². The first-order chi connectivity index (χ1) is 10.0. The maximum atomic E-state index is 11.7. The molecule has 0 spiro atoms. The molecule has 0 aliphatic rings. The van der Waals surface area contributed by atoms with E-state index in [0.29, 0.717) is 5.56 Å². The van der Waals surface area contributed by atoms with Crippen molar-refractivity contribution in [1.82, 2.24) is 0 Å². The molecule has 0 aromatic heterocycles. The Morgan fingerprint density at radius 3 is 2.71 bits per heavy atom. The summed E-state index contributed by atoms with van der Waals surface area (Å²) in [5, 5.41) is 18.7. The van der Waals surface area contributed by atoms with Gasteiger partial charge >= 0.3 is 5.97 Å². The number of aromatic hydroxyl groups is 1. The average molecular weight is 312 g/mol. The van der Waals surface area contributed by atoms with Gasteiger partial charge in [0.15, 0.2) is 11.5 Å². The van der Waals surface area contributed by atoms with E-state index in [-0.39, 0.29) is 35.3 Å². The van der Waals surface area contributed by atoms with Gasteiger partial charge in [0.1, 0.15) is 18.2 Å². The van der Waals surface area contributed by atoms with Crippen molar-refractivity contribution in [3.8, 4) is 17.6 Å². The van der Waals surface area contributed by atoms with Crippen molar-refractivity contribution in [3.05, 3.63) is 28.3 Å². The number of hydrogen-bond donors (Lipinski definition) is 1. The fourth-order valence-electron chi connectivity index (χ4n) is 1.43. The van der Waals surface area contributed by atoms with E-state index in [2.05, 4.69) is 0 Å². The standard InChI is InChI=1S/C14H14ClNO5/c1-19-3-4-21-14(18)10(8-16)5-9-6-11(15)13(17)12(7-9)20-2/h5-7,17H,3-4H2,1-2H3. The van der Waals surface area contributed by atoms with Gasteiger partial charge in [-0.2, -0.15) is 5.26 Å². The Morgan fingerprint density at radius 1 is 1.43 bits per heavy atom. The number of carbonyl (C=O) groups is 1. The number of methoxy groups -OCH3 is 2. The third-order valence-electron chi connectivity index (χ3n) is 2.44. The highest BCUT2D eigenvalue weighted by molar-refractivity contribution is 6.32. The van der Waals surface area contributed by atoms with Crippen LogP contribution in [0.4, 0.5) is 0 Å². The van der Waals surface area contributed by atoms with E-state index in [4.69, 9.17) is 31.1 Å². The Hall–Kier alpha value is -2.23. The third kappa shape index (κ3) is 4.67. The van der Waals surface area contributed by atoms with E-state index >= 15 is 0 Å². The van der Waals surface area contributed by atoms with Crippen molar-refractivity contribution in [3.63, 3.8) is 0 Å². The molecule has 7 heteroatoms. The van der Waals surface area contributed by atoms with Crippen molar-refractivity contribution in [1.29, 1.82) is 5.26 Å². The van der Waals surface area contributed by atoms with E-state index in [9.17, 15) is 9.90 Å². The van der Waals surface area contributed by atoms with Crippen LogP contribution in [0.2, 0.25) is 5.02 Å². The van der Waals surface area contributed by atoms with Crippen molar-refractivity contribution in [2.75, 3.05) is 27.4 Å². The molecule has 0 fully saturated rings. The Morgan fingerprint density at radius 2 is 2.14 bits per heavy atom. The summed E-state index contributed by atoms with van der Waals surface area (Å²) < 4.78 is 14.5. The minimum Gasteiger partial charge on any atom is -0.503 e. The number of benzene rings is 1. The zero-order valence-corrected chi connectivity index (χ0v) is 12.3. The van der Waals surface area contributed by atoms with E-state index in [1.54, 1.807) is 6.07 Å². The normalized spacial score (nSPS) is 10.9. The summed E-state index contributed by atoms with van der Waals surface area (Å²) in [6.45, 7) is 0.289. The van der Waals surface area contributed by atoms with E-state index < -0.39 is 5.97 Å². The van der Waals surface area contributed by atoms with E-state index in [0.717, 1.165) is 0 Å². The van der Waals surface area contributed by atoms with Crippen LogP contribution in [0.15, 0.2) is 17.7 Å². The molecule has 0 aliphatic heterocycles. The van der Waals surface area contributed by atoms with Crippen LogP contribution >= 0.6 is 11.6 Å². The highest BCUT2D eigenvalue weighted by Gasteiger charge is 2.13. The zero-order chi connectivity index (χ0) is 15.8. The Kier molecular flexibility index (Phi) is 6.53. The summed E-state index contributed by atoms with van der Waals surface area (Å²) in [4.78, 5) is 11.7. The lowest BCUT2D eigenvalue weighted by molar-refractivity contribution is -0.139. The van der Waals surface area contributed by atoms with Crippen LogP contribution in [-0.2, 0) is 14.3 Å². The SMILES string of the molecule is COCCOC(=O)C(C#N)=Cc1cc(Cl)c(O)c(OC)c1. The molecule has 1 rings (SSSR count). The number of esters is 1. The molecular formula is C14H14ClNO5. The van der Waals surface area contributed by atoms with E-state index in [1.807, 2.05) is 0 Å². The zero-order valence-electron chi connectivity index (χ0n) is 11.6. The van der Waals surface area contributed by atoms with Crippen LogP contribution in [0.1, 0.15) is 5.56 Å². The minimum atomic E-state index is -0.766. The second-order valence-corrected chi connectivity index (χ2v) is 4.26. The minimum absolute atomic E-state index is 0.0469. The molecule has 0 bridgehead atoms. The second-order valence-electron chi connectivity index (χ2n) is 3.85. The summed E-state index contributed by atoms with van der Waals surface area (Å²) in [6, 6.07) is 4.60. The van der Waals surface area contributed by atoms with Gasteiger partial charge in [-0.3, -0.25) is 0 Å². The molecule has 0 saturated heterocycles. The summed E-state index contributed by atoms with van der Waals surface area (Å²) in [5.74, 6) is -0.839. The van der Waals surface area contributed by atoms with Gasteiger partial charge in [-0.15, -0.1) is 0 Å². The summed E-state index contributed by atoms with van der Waals surface area (Å²) in [7, 11) is 2.84. The van der Waals surface area contributed by atoms with Crippen LogP contribution < -0.4 is 4.74 Å². The molecule has 0 aliphatic carbocycles. The van der Waals surface area contributed by atoms with Gasteiger partial charge in [-0.05, 0) is 23.8 Å². The highest BCUT2D eigenvalue weighted by Crippen LogP contribution is 2.35. The van der Waals surface area contributed by atoms with Gasteiger partial charge in [0.2, 0.25) is 0 Å². The molecule has 112 valence electrons. The van der Waals surface area contributed by atoms with Crippen LogP contribution in [0, 0.1) is 11.3 Å². The summed E-state index contributed by atoms with van der Waals surface area (Å²) in [6.07, 6.45) is 1.29. The van der Waals surface area contributed by atoms with Gasteiger partial charge in [0.25, 0.3) is 0 Å². The molecule has 1 aromatic rings. The van der Waals surface area contributed by atoms with Crippen molar-refractivity contribution < 1.29 is 24.1 Å². The summed E-state index contributed by atoms with van der Waals surface area (Å²) in [5.41, 5.74) is 0.227. The van der Waals surface area contributed by atoms with Crippen molar-refractivity contribution >= 4 is 23.6 Å². The van der Waals surface area contributed by atoms with Gasteiger partial charge in [-0.1, -0.05) is 11.6 Å². The third-order valence-corrected chi connectivity index (χ3v) is 2.73. The number of nitrogens with zero attached hydrogens (tertiary/aromatic N) is 1. The van der Waals surface area contributed by atoms with Crippen LogP contribution in [-0.4, -0.2) is 38.5 Å². The maximum Gasteiger partial charge on any atom is 0.348 e. The van der Waals surface area contributed by atoms with Crippen LogP contribution in [0.5, 0.6) is 11.5 Å². The lowest BCUT2D eigenvalue weighted by atomic mass is 10.1. The number of halogens is 1. The van der Waals surface area contributed by atoms with Gasteiger partial charge in [0.05, 0.1) is 18.7 Å². The molecule has 1 N–H and O–H groups in total. The van der Waals surface area contributed by atoms with Gasteiger partial charge in [-0.25, -0.2) is 4.79 Å². The Labute approximate surface area is 127 Å². The largest absolute Gasteiger partial charge is 0.503 e. The second kappa shape index (κ2) is 8.15. The lowest BCUT2D eigenvalue weighted by Gasteiger charge is -2.07. The predicted octanol–water partition coefficient (Wildman–Crippen LogP) is 2.15. The Balaban J connectivity index is 3.01. The molecule has 1 aromatic carbocycles. The number of ether oxygens (including phenoxy) is 3. The van der Waals surface area contributed by atoms with Crippen molar-refractivity contribution in [2.45, 2.75) is 0 Å².